The van der Waals surface area contributed by atoms with E-state index in [-0.39, 0.29) is 5.91 Å². The van der Waals surface area contributed by atoms with Gasteiger partial charge in [0, 0.05) is 10.5 Å². The van der Waals surface area contributed by atoms with E-state index in [0.29, 0.717) is 18.4 Å². The molecule has 0 aliphatic heterocycles. The Morgan fingerprint density at radius 1 is 1.50 bits per heavy atom. The molecule has 0 heterocycles. The summed E-state index contributed by atoms with van der Waals surface area (Å²) in [7, 11) is 0. The minimum Gasteiger partial charge on any atom is -0.480 e. The van der Waals surface area contributed by atoms with Gasteiger partial charge in [0.15, 0.2) is 0 Å². The van der Waals surface area contributed by atoms with Gasteiger partial charge >= 0.3 is 5.97 Å². The average molecular weight is 293 g/mol. The molecule has 1 unspecified atom stereocenters. The maximum Gasteiger partial charge on any atom is 0.326 e. The summed E-state index contributed by atoms with van der Waals surface area (Å²) in [4.78, 5) is 24.3. The van der Waals surface area contributed by atoms with E-state index in [0.717, 1.165) is 10.5 Å². The van der Waals surface area contributed by atoms with Crippen LogP contribution >= 0.6 is 11.8 Å². The summed E-state index contributed by atoms with van der Waals surface area (Å²) < 4.78 is 0. The number of carbonyl (C=O) groups is 2. The van der Waals surface area contributed by atoms with Crippen LogP contribution < -0.4 is 5.32 Å². The molecule has 0 saturated carbocycles. The van der Waals surface area contributed by atoms with Crippen molar-refractivity contribution in [1.29, 1.82) is 0 Å². The molecule has 0 fully saturated rings. The maximum atomic E-state index is 12.2. The number of hydrogen-bond acceptors (Lipinski definition) is 3. The molecule has 1 rings (SSSR count). The first-order chi connectivity index (χ1) is 9.49. The van der Waals surface area contributed by atoms with Crippen molar-refractivity contribution in [3.05, 3.63) is 42.0 Å². The van der Waals surface area contributed by atoms with Gasteiger partial charge < -0.3 is 10.4 Å². The van der Waals surface area contributed by atoms with Crippen LogP contribution in [0.25, 0.3) is 0 Å². The molecule has 1 amide bonds. The van der Waals surface area contributed by atoms with Crippen molar-refractivity contribution in [2.75, 3.05) is 6.26 Å². The highest BCUT2D eigenvalue weighted by Crippen LogP contribution is 2.19. The molecule has 4 nitrogen and oxygen atoms in total. The second kappa shape index (κ2) is 7.75. The summed E-state index contributed by atoms with van der Waals surface area (Å²) in [5.41, 5.74) is 1.34. The fraction of sp³-hybridized carbons (Fsp3) is 0.333. The predicted octanol–water partition coefficient (Wildman–Crippen LogP) is 2.87. The zero-order valence-electron chi connectivity index (χ0n) is 11.7. The lowest BCUT2D eigenvalue weighted by atomic mass is 10.1. The number of aliphatic carboxylic acids is 1. The fourth-order valence-corrected chi connectivity index (χ4v) is 2.19. The lowest BCUT2D eigenvalue weighted by Crippen LogP contribution is -2.40. The van der Waals surface area contributed by atoms with Crippen molar-refractivity contribution in [3.63, 3.8) is 0 Å². The van der Waals surface area contributed by atoms with Crippen molar-refractivity contribution in [2.24, 2.45) is 0 Å². The number of benzene rings is 1. The van der Waals surface area contributed by atoms with E-state index in [1.807, 2.05) is 25.3 Å². The fourth-order valence-electron chi connectivity index (χ4n) is 1.75. The molecule has 1 aromatic rings. The summed E-state index contributed by atoms with van der Waals surface area (Å²) in [6.07, 6.45) is 4.45. The minimum atomic E-state index is -1.03. The second-order valence-corrected chi connectivity index (χ2v) is 5.29. The molecule has 1 atom stereocenters. The van der Waals surface area contributed by atoms with Crippen LogP contribution in [0, 0.1) is 6.92 Å². The number of hydrogen-bond donors (Lipinski definition) is 2. The third kappa shape index (κ3) is 4.42. The summed E-state index contributed by atoms with van der Waals surface area (Å²) in [5, 5.41) is 11.7. The molecule has 0 aromatic heterocycles. The van der Waals surface area contributed by atoms with Gasteiger partial charge in [-0.1, -0.05) is 12.1 Å². The van der Waals surface area contributed by atoms with Crippen LogP contribution in [-0.4, -0.2) is 29.3 Å². The first-order valence-electron chi connectivity index (χ1n) is 6.28. The maximum absolute atomic E-state index is 12.2. The monoisotopic (exact) mass is 293 g/mol. The molecule has 0 aliphatic rings. The van der Waals surface area contributed by atoms with Gasteiger partial charge in [0.1, 0.15) is 6.04 Å². The van der Waals surface area contributed by atoms with E-state index in [4.69, 9.17) is 5.11 Å². The SMILES string of the molecule is C=CCCC(NC(=O)c1cc(SC)ccc1C)C(=O)O. The molecule has 5 heteroatoms. The molecule has 108 valence electrons. The highest BCUT2D eigenvalue weighted by molar-refractivity contribution is 7.98. The number of rotatable bonds is 7. The Labute approximate surface area is 123 Å². The van der Waals surface area contributed by atoms with Crippen LogP contribution in [0.4, 0.5) is 0 Å². The summed E-state index contributed by atoms with van der Waals surface area (Å²) in [6, 6.07) is 4.68. The number of carboxylic acid groups (broad SMARTS) is 1. The van der Waals surface area contributed by atoms with Gasteiger partial charge in [-0.15, -0.1) is 18.3 Å². The Morgan fingerprint density at radius 3 is 2.75 bits per heavy atom. The van der Waals surface area contributed by atoms with Gasteiger partial charge in [0.05, 0.1) is 0 Å². The summed E-state index contributed by atoms with van der Waals surface area (Å²) >= 11 is 1.54. The highest BCUT2D eigenvalue weighted by Gasteiger charge is 2.20. The molecular formula is C15H19NO3S. The molecule has 0 bridgehead atoms. The Bertz CT molecular complexity index is 514. The van der Waals surface area contributed by atoms with Gasteiger partial charge in [-0.05, 0) is 43.7 Å². The number of thioether (sulfide) groups is 1. The number of allylic oxidation sites excluding steroid dienone is 1. The largest absolute Gasteiger partial charge is 0.480 e. The van der Waals surface area contributed by atoms with Crippen LogP contribution in [0.5, 0.6) is 0 Å². The van der Waals surface area contributed by atoms with Crippen molar-refractivity contribution in [3.8, 4) is 0 Å². The van der Waals surface area contributed by atoms with Gasteiger partial charge in [-0.2, -0.15) is 0 Å². The Kier molecular flexibility index (Phi) is 6.31. The normalized spacial score (nSPS) is 11.7. The topological polar surface area (TPSA) is 66.4 Å². The smallest absolute Gasteiger partial charge is 0.326 e. The highest BCUT2D eigenvalue weighted by atomic mass is 32.2. The van der Waals surface area contributed by atoms with Crippen molar-refractivity contribution in [2.45, 2.75) is 30.7 Å². The van der Waals surface area contributed by atoms with Gasteiger partial charge in [-0.25, -0.2) is 4.79 Å². The van der Waals surface area contributed by atoms with Crippen molar-refractivity contribution < 1.29 is 14.7 Å². The first-order valence-corrected chi connectivity index (χ1v) is 7.51. The molecule has 2 N–H and O–H groups in total. The molecular weight excluding hydrogens is 274 g/mol. The quantitative estimate of drug-likeness (QED) is 0.599. The van der Waals surface area contributed by atoms with Crippen LogP contribution in [-0.2, 0) is 4.79 Å². The minimum absolute atomic E-state index is 0.339. The van der Waals surface area contributed by atoms with Crippen LogP contribution in [0.15, 0.2) is 35.7 Å². The third-order valence-corrected chi connectivity index (χ3v) is 3.68. The predicted molar refractivity (Wildman–Crippen MR) is 81.3 cm³/mol. The number of aryl methyl sites for hydroxylation is 1. The van der Waals surface area contributed by atoms with E-state index in [1.165, 1.54) is 11.8 Å². The van der Waals surface area contributed by atoms with Crippen LogP contribution in [0.3, 0.4) is 0 Å². The zero-order valence-corrected chi connectivity index (χ0v) is 12.5. The van der Waals surface area contributed by atoms with E-state index in [2.05, 4.69) is 11.9 Å². The van der Waals surface area contributed by atoms with Gasteiger partial charge in [0.25, 0.3) is 5.91 Å². The molecule has 0 radical (unpaired) electrons. The summed E-state index contributed by atoms with van der Waals surface area (Å²) in [5.74, 6) is -1.38. The lowest BCUT2D eigenvalue weighted by Gasteiger charge is -2.15. The number of carboxylic acids is 1. The van der Waals surface area contributed by atoms with Crippen LogP contribution in [0.1, 0.15) is 28.8 Å². The Hall–Kier alpha value is -1.75. The molecule has 20 heavy (non-hydrogen) atoms. The van der Waals surface area contributed by atoms with Crippen molar-refractivity contribution in [1.82, 2.24) is 5.32 Å². The Morgan fingerprint density at radius 2 is 2.20 bits per heavy atom. The van der Waals surface area contributed by atoms with Gasteiger partial charge in [-0.3, -0.25) is 4.79 Å². The molecule has 0 saturated heterocycles. The molecule has 0 spiro atoms. The van der Waals surface area contributed by atoms with E-state index < -0.39 is 12.0 Å². The van der Waals surface area contributed by atoms with E-state index in [1.54, 1.807) is 12.1 Å². The zero-order chi connectivity index (χ0) is 15.1. The second-order valence-electron chi connectivity index (χ2n) is 4.41. The standard InChI is InChI=1S/C15H19NO3S/c1-4-5-6-13(15(18)19)16-14(17)12-9-11(20-3)8-7-10(12)2/h4,7-9,13H,1,5-6H2,2-3H3,(H,16,17)(H,18,19). The molecule has 0 aliphatic carbocycles. The van der Waals surface area contributed by atoms with Crippen molar-refractivity contribution >= 4 is 23.6 Å². The van der Waals surface area contributed by atoms with E-state index in [9.17, 15) is 9.59 Å². The average Bonchev–Trinajstić information content (AvgIpc) is 2.43. The number of nitrogens with one attached hydrogen (secondary N) is 1. The molecule has 1 aromatic carbocycles. The first kappa shape index (κ1) is 16.3. The lowest BCUT2D eigenvalue weighted by molar-refractivity contribution is -0.139. The number of carbonyl (C=O) groups excluding carboxylic acids is 1. The Balaban J connectivity index is 2.88. The van der Waals surface area contributed by atoms with Gasteiger partial charge in [0.2, 0.25) is 0 Å². The van der Waals surface area contributed by atoms with E-state index >= 15 is 0 Å². The summed E-state index contributed by atoms with van der Waals surface area (Å²) in [6.45, 7) is 5.39. The van der Waals surface area contributed by atoms with Crippen LogP contribution in [0.2, 0.25) is 0 Å². The number of amides is 1. The third-order valence-electron chi connectivity index (χ3n) is 2.95.